The lowest BCUT2D eigenvalue weighted by molar-refractivity contribution is -0.121. The topological polar surface area (TPSA) is 41.1 Å². The lowest BCUT2D eigenvalue weighted by atomic mass is 10.2. The third-order valence-corrected chi connectivity index (χ3v) is 3.37. The minimum absolute atomic E-state index is 0.0480. The molecule has 0 spiro atoms. The molecule has 1 aliphatic rings. The van der Waals surface area contributed by atoms with Crippen molar-refractivity contribution in [3.8, 4) is 0 Å². The number of halogens is 1. The van der Waals surface area contributed by atoms with Crippen molar-refractivity contribution in [1.82, 2.24) is 5.32 Å². The van der Waals surface area contributed by atoms with Crippen LogP contribution in [-0.2, 0) is 4.79 Å². The van der Waals surface area contributed by atoms with Crippen LogP contribution in [0.15, 0.2) is 18.2 Å². The molecule has 1 aromatic rings. The molecule has 2 rings (SSSR count). The molecule has 0 aliphatic heterocycles. The molecule has 1 saturated carbocycles. The molecule has 17 heavy (non-hydrogen) atoms. The van der Waals surface area contributed by atoms with Gasteiger partial charge in [-0.1, -0.05) is 17.7 Å². The fraction of sp³-hybridized carbons (Fsp3) is 0.462. The SMILES string of the molecule is Cc1c(Cl)cccc1N[C@H](C)C(=O)NC1CC1. The van der Waals surface area contributed by atoms with Gasteiger partial charge in [-0.3, -0.25) is 4.79 Å². The van der Waals surface area contributed by atoms with Gasteiger partial charge in [0.05, 0.1) is 0 Å². The molecule has 0 saturated heterocycles. The molecule has 4 heteroatoms. The van der Waals surface area contributed by atoms with Crippen LogP contribution in [0.2, 0.25) is 5.02 Å². The Kier molecular flexibility index (Phi) is 3.57. The van der Waals surface area contributed by atoms with Gasteiger partial charge in [0.1, 0.15) is 6.04 Å². The van der Waals surface area contributed by atoms with E-state index in [2.05, 4.69) is 10.6 Å². The predicted molar refractivity (Wildman–Crippen MR) is 70.4 cm³/mol. The lowest BCUT2D eigenvalue weighted by Crippen LogP contribution is -2.38. The third kappa shape index (κ3) is 3.13. The Hall–Kier alpha value is -1.22. The maximum atomic E-state index is 11.8. The van der Waals surface area contributed by atoms with Gasteiger partial charge < -0.3 is 10.6 Å². The average molecular weight is 253 g/mol. The third-order valence-electron chi connectivity index (χ3n) is 2.96. The maximum Gasteiger partial charge on any atom is 0.242 e. The van der Waals surface area contributed by atoms with Crippen molar-refractivity contribution >= 4 is 23.2 Å². The summed E-state index contributed by atoms with van der Waals surface area (Å²) in [6.07, 6.45) is 2.21. The summed E-state index contributed by atoms with van der Waals surface area (Å²) in [6.45, 7) is 3.80. The van der Waals surface area contributed by atoms with Crippen molar-refractivity contribution in [1.29, 1.82) is 0 Å². The second-order valence-electron chi connectivity index (χ2n) is 4.56. The van der Waals surface area contributed by atoms with E-state index in [1.54, 1.807) is 0 Å². The van der Waals surface area contributed by atoms with E-state index in [0.717, 1.165) is 24.1 Å². The van der Waals surface area contributed by atoms with E-state index < -0.39 is 0 Å². The van der Waals surface area contributed by atoms with Gasteiger partial charge in [0, 0.05) is 16.8 Å². The quantitative estimate of drug-likeness (QED) is 0.865. The number of benzene rings is 1. The molecule has 1 atom stereocenters. The summed E-state index contributed by atoms with van der Waals surface area (Å²) in [6, 6.07) is 5.81. The highest BCUT2D eigenvalue weighted by molar-refractivity contribution is 6.31. The molecule has 3 nitrogen and oxygen atoms in total. The minimum Gasteiger partial charge on any atom is -0.374 e. The molecule has 2 N–H and O–H groups in total. The predicted octanol–water partition coefficient (Wildman–Crippen LogP) is 2.73. The molecule has 0 heterocycles. The number of hydrogen-bond donors (Lipinski definition) is 2. The average Bonchev–Trinajstić information content (AvgIpc) is 3.08. The number of carbonyl (C=O) groups excluding carboxylic acids is 1. The van der Waals surface area contributed by atoms with Crippen LogP contribution in [0.4, 0.5) is 5.69 Å². The van der Waals surface area contributed by atoms with Gasteiger partial charge in [0.25, 0.3) is 0 Å². The first kappa shape index (κ1) is 12.2. The van der Waals surface area contributed by atoms with E-state index in [1.807, 2.05) is 32.0 Å². The van der Waals surface area contributed by atoms with Crippen molar-refractivity contribution in [2.45, 2.75) is 38.8 Å². The Balaban J connectivity index is 1.99. The molecule has 0 aromatic heterocycles. The molecule has 1 amide bonds. The van der Waals surface area contributed by atoms with Crippen molar-refractivity contribution in [3.05, 3.63) is 28.8 Å². The molecular formula is C13H17ClN2O. The number of carbonyl (C=O) groups is 1. The highest BCUT2D eigenvalue weighted by atomic mass is 35.5. The van der Waals surface area contributed by atoms with Crippen LogP contribution >= 0.6 is 11.6 Å². The summed E-state index contributed by atoms with van der Waals surface area (Å²) < 4.78 is 0. The Bertz CT molecular complexity index is 429. The maximum absolute atomic E-state index is 11.8. The standard InChI is InChI=1S/C13H17ClN2O/c1-8-11(14)4-3-5-12(8)15-9(2)13(17)16-10-6-7-10/h3-5,9-10,15H,6-7H2,1-2H3,(H,16,17)/t9-/m1/s1. The number of rotatable bonds is 4. The molecule has 0 radical (unpaired) electrons. The highest BCUT2D eigenvalue weighted by Gasteiger charge is 2.25. The zero-order valence-corrected chi connectivity index (χ0v) is 10.8. The minimum atomic E-state index is -0.243. The zero-order valence-electron chi connectivity index (χ0n) is 10.1. The Morgan fingerprint density at radius 3 is 2.82 bits per heavy atom. The first-order chi connectivity index (χ1) is 8.08. The van der Waals surface area contributed by atoms with Crippen LogP contribution < -0.4 is 10.6 Å². The summed E-state index contributed by atoms with van der Waals surface area (Å²) in [5.74, 6) is 0.0480. The van der Waals surface area contributed by atoms with E-state index >= 15 is 0 Å². The number of amides is 1. The molecule has 92 valence electrons. The van der Waals surface area contributed by atoms with Crippen molar-refractivity contribution < 1.29 is 4.79 Å². The van der Waals surface area contributed by atoms with E-state index in [0.29, 0.717) is 11.1 Å². The van der Waals surface area contributed by atoms with Gasteiger partial charge in [-0.2, -0.15) is 0 Å². The van der Waals surface area contributed by atoms with Crippen molar-refractivity contribution in [3.63, 3.8) is 0 Å². The van der Waals surface area contributed by atoms with E-state index in [9.17, 15) is 4.79 Å². The summed E-state index contributed by atoms with van der Waals surface area (Å²) >= 11 is 6.03. The lowest BCUT2D eigenvalue weighted by Gasteiger charge is -2.17. The van der Waals surface area contributed by atoms with Crippen LogP contribution in [0.25, 0.3) is 0 Å². The molecule has 1 fully saturated rings. The summed E-state index contributed by atoms with van der Waals surface area (Å²) in [5, 5.41) is 6.87. The van der Waals surface area contributed by atoms with E-state index in [4.69, 9.17) is 11.6 Å². The monoisotopic (exact) mass is 252 g/mol. The molecule has 0 unspecified atom stereocenters. The Morgan fingerprint density at radius 1 is 1.47 bits per heavy atom. The summed E-state index contributed by atoms with van der Waals surface area (Å²) in [7, 11) is 0. The van der Waals surface area contributed by atoms with Gasteiger partial charge in [0.15, 0.2) is 0 Å². The Morgan fingerprint density at radius 2 is 2.18 bits per heavy atom. The molecular weight excluding hydrogens is 236 g/mol. The van der Waals surface area contributed by atoms with Crippen LogP contribution in [-0.4, -0.2) is 18.0 Å². The molecule has 1 aromatic carbocycles. The zero-order chi connectivity index (χ0) is 12.4. The number of hydrogen-bond acceptors (Lipinski definition) is 2. The molecule has 1 aliphatic carbocycles. The van der Waals surface area contributed by atoms with Crippen molar-refractivity contribution in [2.75, 3.05) is 5.32 Å². The van der Waals surface area contributed by atoms with E-state index in [1.165, 1.54) is 0 Å². The van der Waals surface area contributed by atoms with Crippen LogP contribution in [0.3, 0.4) is 0 Å². The second kappa shape index (κ2) is 4.96. The normalized spacial score (nSPS) is 16.4. The van der Waals surface area contributed by atoms with Crippen molar-refractivity contribution in [2.24, 2.45) is 0 Å². The van der Waals surface area contributed by atoms with Gasteiger partial charge in [0.2, 0.25) is 5.91 Å². The number of anilines is 1. The first-order valence-electron chi connectivity index (χ1n) is 5.90. The van der Waals surface area contributed by atoms with E-state index in [-0.39, 0.29) is 11.9 Å². The summed E-state index contributed by atoms with van der Waals surface area (Å²) in [5.41, 5.74) is 1.89. The second-order valence-corrected chi connectivity index (χ2v) is 4.97. The fourth-order valence-electron chi connectivity index (χ4n) is 1.62. The number of nitrogens with one attached hydrogen (secondary N) is 2. The highest BCUT2D eigenvalue weighted by Crippen LogP contribution is 2.24. The van der Waals surface area contributed by atoms with Gasteiger partial charge in [-0.25, -0.2) is 0 Å². The first-order valence-corrected chi connectivity index (χ1v) is 6.27. The van der Waals surface area contributed by atoms with Crippen LogP contribution in [0, 0.1) is 6.92 Å². The van der Waals surface area contributed by atoms with Gasteiger partial charge >= 0.3 is 0 Å². The van der Waals surface area contributed by atoms with Gasteiger partial charge in [-0.05, 0) is 44.4 Å². The summed E-state index contributed by atoms with van der Waals surface area (Å²) in [4.78, 5) is 11.8. The van der Waals surface area contributed by atoms with Crippen LogP contribution in [0.1, 0.15) is 25.3 Å². The largest absolute Gasteiger partial charge is 0.374 e. The van der Waals surface area contributed by atoms with Crippen LogP contribution in [0.5, 0.6) is 0 Å². The van der Waals surface area contributed by atoms with Gasteiger partial charge in [-0.15, -0.1) is 0 Å². The smallest absolute Gasteiger partial charge is 0.242 e. The fourth-order valence-corrected chi connectivity index (χ4v) is 1.79. The Labute approximate surface area is 107 Å². The molecule has 0 bridgehead atoms.